The van der Waals surface area contributed by atoms with Gasteiger partial charge in [-0.25, -0.2) is 4.79 Å². The molecule has 4 heteroatoms. The maximum atomic E-state index is 10.4. The highest BCUT2D eigenvalue weighted by Crippen LogP contribution is 2.19. The number of rotatable bonds is 6. The van der Waals surface area contributed by atoms with Gasteiger partial charge in [-0.3, -0.25) is 0 Å². The van der Waals surface area contributed by atoms with Crippen LogP contribution in [0.15, 0.2) is 30.3 Å². The van der Waals surface area contributed by atoms with E-state index < -0.39 is 5.97 Å². The highest BCUT2D eigenvalue weighted by molar-refractivity contribution is 5.85. The van der Waals surface area contributed by atoms with Crippen molar-refractivity contribution in [1.82, 2.24) is 0 Å². The molecule has 0 aliphatic carbocycles. The van der Waals surface area contributed by atoms with Gasteiger partial charge in [0.2, 0.25) is 0 Å². The highest BCUT2D eigenvalue weighted by atomic mass is 16.5. The average molecular weight is 222 g/mol. The maximum Gasteiger partial charge on any atom is 0.328 e. The second-order valence-electron chi connectivity index (χ2n) is 3.14. The van der Waals surface area contributed by atoms with E-state index >= 15 is 0 Å². The fourth-order valence-corrected chi connectivity index (χ4v) is 1.16. The van der Waals surface area contributed by atoms with Crippen molar-refractivity contribution in [3.8, 4) is 5.75 Å². The Morgan fingerprint density at radius 2 is 2.12 bits per heavy atom. The Bertz CT molecular complexity index is 371. The predicted octanol–water partition coefficient (Wildman–Crippen LogP) is 1.55. The van der Waals surface area contributed by atoms with E-state index in [1.54, 1.807) is 18.2 Å². The third-order valence-corrected chi connectivity index (χ3v) is 1.88. The van der Waals surface area contributed by atoms with E-state index in [-0.39, 0.29) is 6.61 Å². The minimum absolute atomic E-state index is 0.0765. The molecule has 0 unspecified atom stereocenters. The lowest BCUT2D eigenvalue weighted by Gasteiger charge is -2.07. The molecule has 2 N–H and O–H groups in total. The standard InChI is InChI=1S/C12H14O4/c13-8-3-9-16-11-5-2-1-4-10(11)6-7-12(14)15/h1-2,4-7,13H,3,8-9H2,(H,14,15)/b7-6+. The number of ether oxygens (including phenoxy) is 1. The second-order valence-corrected chi connectivity index (χ2v) is 3.14. The van der Waals surface area contributed by atoms with Crippen LogP contribution in [0.3, 0.4) is 0 Å². The van der Waals surface area contributed by atoms with Gasteiger partial charge < -0.3 is 14.9 Å². The molecular formula is C12H14O4. The first-order valence-electron chi connectivity index (χ1n) is 4.97. The van der Waals surface area contributed by atoms with Gasteiger partial charge in [-0.2, -0.15) is 0 Å². The summed E-state index contributed by atoms with van der Waals surface area (Å²) < 4.78 is 5.41. The molecule has 16 heavy (non-hydrogen) atoms. The Hall–Kier alpha value is -1.81. The third-order valence-electron chi connectivity index (χ3n) is 1.88. The van der Waals surface area contributed by atoms with E-state index in [2.05, 4.69) is 0 Å². The molecule has 0 spiro atoms. The number of hydrogen-bond acceptors (Lipinski definition) is 3. The number of carboxylic acids is 1. The SMILES string of the molecule is O=C(O)/C=C/c1ccccc1OCCCO. The molecule has 1 rings (SSSR count). The number of benzene rings is 1. The number of para-hydroxylation sites is 1. The molecule has 0 bridgehead atoms. The third kappa shape index (κ3) is 4.14. The zero-order valence-electron chi connectivity index (χ0n) is 8.80. The Balaban J connectivity index is 2.71. The predicted molar refractivity (Wildman–Crippen MR) is 60.3 cm³/mol. The Labute approximate surface area is 93.8 Å². The topological polar surface area (TPSA) is 66.8 Å². The molecule has 0 aliphatic heterocycles. The van der Waals surface area contributed by atoms with Crippen LogP contribution in [0.4, 0.5) is 0 Å². The summed E-state index contributed by atoms with van der Waals surface area (Å²) in [7, 11) is 0. The van der Waals surface area contributed by atoms with Crippen LogP contribution >= 0.6 is 0 Å². The van der Waals surface area contributed by atoms with Gasteiger partial charge in [0.1, 0.15) is 5.75 Å². The molecule has 0 aromatic heterocycles. The van der Waals surface area contributed by atoms with Gasteiger partial charge in [0.25, 0.3) is 0 Å². The van der Waals surface area contributed by atoms with E-state index in [1.807, 2.05) is 6.07 Å². The smallest absolute Gasteiger partial charge is 0.328 e. The van der Waals surface area contributed by atoms with Crippen LogP contribution in [0.5, 0.6) is 5.75 Å². The molecule has 1 aromatic carbocycles. The fourth-order valence-electron chi connectivity index (χ4n) is 1.16. The summed E-state index contributed by atoms with van der Waals surface area (Å²) in [5.41, 5.74) is 0.711. The Morgan fingerprint density at radius 1 is 1.38 bits per heavy atom. The van der Waals surface area contributed by atoms with Gasteiger partial charge in [-0.05, 0) is 12.1 Å². The van der Waals surface area contributed by atoms with Crippen molar-refractivity contribution in [2.45, 2.75) is 6.42 Å². The molecule has 1 aromatic rings. The summed E-state index contributed by atoms with van der Waals surface area (Å²) in [6.45, 7) is 0.488. The Morgan fingerprint density at radius 3 is 2.81 bits per heavy atom. The van der Waals surface area contributed by atoms with Crippen molar-refractivity contribution in [2.24, 2.45) is 0 Å². The largest absolute Gasteiger partial charge is 0.493 e. The zero-order chi connectivity index (χ0) is 11.8. The first-order chi connectivity index (χ1) is 7.74. The summed E-state index contributed by atoms with van der Waals surface area (Å²) in [6.07, 6.45) is 3.10. The maximum absolute atomic E-state index is 10.4. The molecule has 86 valence electrons. The van der Waals surface area contributed by atoms with Gasteiger partial charge in [-0.15, -0.1) is 0 Å². The van der Waals surface area contributed by atoms with Crippen LogP contribution in [0.25, 0.3) is 6.08 Å². The minimum atomic E-state index is -0.995. The van der Waals surface area contributed by atoms with Crippen molar-refractivity contribution in [3.63, 3.8) is 0 Å². The number of carbonyl (C=O) groups is 1. The number of aliphatic hydroxyl groups is 1. The zero-order valence-corrected chi connectivity index (χ0v) is 8.80. The number of carboxylic acid groups (broad SMARTS) is 1. The number of hydrogen-bond donors (Lipinski definition) is 2. The monoisotopic (exact) mass is 222 g/mol. The van der Waals surface area contributed by atoms with Crippen LogP contribution in [0.2, 0.25) is 0 Å². The molecule has 0 fully saturated rings. The van der Waals surface area contributed by atoms with Gasteiger partial charge >= 0.3 is 5.97 Å². The second kappa shape index (κ2) is 6.63. The summed E-state index contributed by atoms with van der Waals surface area (Å²) in [5, 5.41) is 17.1. The number of aliphatic carboxylic acids is 1. The highest BCUT2D eigenvalue weighted by Gasteiger charge is 1.99. The molecule has 0 saturated carbocycles. The summed E-state index contributed by atoms with van der Waals surface area (Å²) >= 11 is 0. The quantitative estimate of drug-likeness (QED) is 0.566. The first kappa shape index (κ1) is 12.3. The normalized spacial score (nSPS) is 10.6. The van der Waals surface area contributed by atoms with E-state index in [0.717, 1.165) is 6.08 Å². The lowest BCUT2D eigenvalue weighted by atomic mass is 10.2. The first-order valence-corrected chi connectivity index (χ1v) is 4.97. The molecule has 0 aliphatic rings. The van der Waals surface area contributed by atoms with Crippen molar-refractivity contribution < 1.29 is 19.7 Å². The van der Waals surface area contributed by atoms with E-state index in [4.69, 9.17) is 14.9 Å². The minimum Gasteiger partial charge on any atom is -0.493 e. The lowest BCUT2D eigenvalue weighted by Crippen LogP contribution is -2.00. The van der Waals surface area contributed by atoms with Crippen molar-refractivity contribution in [3.05, 3.63) is 35.9 Å². The average Bonchev–Trinajstić information content (AvgIpc) is 2.28. The van der Waals surface area contributed by atoms with E-state index in [1.165, 1.54) is 6.08 Å². The van der Waals surface area contributed by atoms with Crippen LogP contribution in [0.1, 0.15) is 12.0 Å². The molecule has 0 radical (unpaired) electrons. The molecule has 0 heterocycles. The van der Waals surface area contributed by atoms with Crippen molar-refractivity contribution >= 4 is 12.0 Å². The van der Waals surface area contributed by atoms with Crippen molar-refractivity contribution in [1.29, 1.82) is 0 Å². The van der Waals surface area contributed by atoms with Crippen LogP contribution in [-0.2, 0) is 4.79 Å². The molecule has 0 amide bonds. The number of aliphatic hydroxyl groups excluding tert-OH is 1. The van der Waals surface area contributed by atoms with Crippen molar-refractivity contribution in [2.75, 3.05) is 13.2 Å². The lowest BCUT2D eigenvalue weighted by molar-refractivity contribution is -0.131. The molecule has 4 nitrogen and oxygen atoms in total. The fraction of sp³-hybridized carbons (Fsp3) is 0.250. The molecule has 0 saturated heterocycles. The van der Waals surface area contributed by atoms with Gasteiger partial charge in [-0.1, -0.05) is 18.2 Å². The molecule has 0 atom stereocenters. The molecular weight excluding hydrogens is 208 g/mol. The van der Waals surface area contributed by atoms with E-state index in [9.17, 15) is 4.79 Å². The van der Waals surface area contributed by atoms with Gasteiger partial charge in [0.05, 0.1) is 6.61 Å². The van der Waals surface area contributed by atoms with Crippen LogP contribution in [-0.4, -0.2) is 29.4 Å². The van der Waals surface area contributed by atoms with Crippen LogP contribution in [0, 0.1) is 0 Å². The Kier molecular flexibility index (Phi) is 5.08. The summed E-state index contributed by atoms with van der Waals surface area (Å²) in [5.74, 6) is -0.376. The van der Waals surface area contributed by atoms with Crippen LogP contribution < -0.4 is 4.74 Å². The van der Waals surface area contributed by atoms with Gasteiger partial charge in [0.15, 0.2) is 0 Å². The van der Waals surface area contributed by atoms with E-state index in [0.29, 0.717) is 24.3 Å². The van der Waals surface area contributed by atoms with Gasteiger partial charge in [0, 0.05) is 24.7 Å². The summed E-state index contributed by atoms with van der Waals surface area (Å²) in [6, 6.07) is 7.15. The summed E-state index contributed by atoms with van der Waals surface area (Å²) in [4.78, 5) is 10.4.